The molecule has 0 saturated heterocycles. The molecule has 0 saturated carbocycles. The maximum atomic E-state index is 10.5. The highest BCUT2D eigenvalue weighted by Gasteiger charge is 2.24. The van der Waals surface area contributed by atoms with Crippen LogP contribution in [0.4, 0.5) is 0 Å². The largest absolute Gasteiger partial charge is 0.481 e. The number of oxime groups is 1. The van der Waals surface area contributed by atoms with Crippen LogP contribution in [-0.2, 0) is 9.63 Å². The van der Waals surface area contributed by atoms with Gasteiger partial charge in [-0.05, 0) is 11.1 Å². The van der Waals surface area contributed by atoms with E-state index in [4.69, 9.17) is 9.94 Å². The minimum absolute atomic E-state index is 0.0555. The molecule has 0 spiro atoms. The minimum atomic E-state index is -0.891. The van der Waals surface area contributed by atoms with E-state index in [2.05, 4.69) is 5.16 Å². The van der Waals surface area contributed by atoms with E-state index in [1.165, 1.54) is 0 Å². The molecule has 0 bridgehead atoms. The van der Waals surface area contributed by atoms with Crippen molar-refractivity contribution in [2.75, 3.05) is 6.61 Å². The SMILES string of the molecule is O=C(O)CCON=C1c2ccccc2-c2ccccc21. The Hall–Kier alpha value is -2.62. The lowest BCUT2D eigenvalue weighted by Crippen LogP contribution is -2.03. The molecule has 3 rings (SSSR count). The van der Waals surface area contributed by atoms with Crippen LogP contribution in [0.25, 0.3) is 11.1 Å². The van der Waals surface area contributed by atoms with Crippen molar-refractivity contribution in [2.24, 2.45) is 5.16 Å². The molecular weight excluding hydrogens is 254 g/mol. The zero-order valence-electron chi connectivity index (χ0n) is 10.7. The lowest BCUT2D eigenvalue weighted by molar-refractivity contribution is -0.138. The Balaban J connectivity index is 1.94. The summed E-state index contributed by atoms with van der Waals surface area (Å²) in [5, 5.41) is 12.7. The van der Waals surface area contributed by atoms with Gasteiger partial charge in [-0.15, -0.1) is 0 Å². The summed E-state index contributed by atoms with van der Waals surface area (Å²) >= 11 is 0. The number of fused-ring (bicyclic) bond motifs is 3. The first kappa shape index (κ1) is 12.4. The fourth-order valence-corrected chi connectivity index (χ4v) is 2.34. The molecule has 0 atom stereocenters. The summed E-state index contributed by atoms with van der Waals surface area (Å²) in [6.45, 7) is 0.0726. The van der Waals surface area contributed by atoms with E-state index in [9.17, 15) is 4.79 Å². The lowest BCUT2D eigenvalue weighted by Gasteiger charge is -2.01. The Kier molecular flexibility index (Phi) is 3.21. The van der Waals surface area contributed by atoms with Crippen LogP contribution in [0.1, 0.15) is 17.5 Å². The molecule has 1 aliphatic rings. The van der Waals surface area contributed by atoms with Crippen molar-refractivity contribution in [1.29, 1.82) is 0 Å². The van der Waals surface area contributed by atoms with Gasteiger partial charge in [0.15, 0.2) is 0 Å². The van der Waals surface area contributed by atoms with E-state index in [0.717, 1.165) is 28.0 Å². The summed E-state index contributed by atoms with van der Waals surface area (Å²) in [5.74, 6) is -0.891. The van der Waals surface area contributed by atoms with E-state index in [0.29, 0.717) is 0 Å². The fourth-order valence-electron chi connectivity index (χ4n) is 2.34. The van der Waals surface area contributed by atoms with Crippen molar-refractivity contribution in [3.63, 3.8) is 0 Å². The maximum Gasteiger partial charge on any atom is 0.306 e. The van der Waals surface area contributed by atoms with Gasteiger partial charge in [0.25, 0.3) is 0 Å². The van der Waals surface area contributed by atoms with Crippen LogP contribution in [0.15, 0.2) is 53.7 Å². The molecule has 4 nitrogen and oxygen atoms in total. The first-order valence-electron chi connectivity index (χ1n) is 6.38. The number of rotatable bonds is 4. The molecule has 2 aromatic carbocycles. The molecule has 1 aliphatic carbocycles. The second-order valence-electron chi connectivity index (χ2n) is 4.51. The molecule has 4 heteroatoms. The Bertz CT molecular complexity index is 644. The van der Waals surface area contributed by atoms with Crippen LogP contribution in [-0.4, -0.2) is 23.4 Å². The minimum Gasteiger partial charge on any atom is -0.481 e. The molecule has 1 N–H and O–H groups in total. The Morgan fingerprint density at radius 3 is 1.95 bits per heavy atom. The van der Waals surface area contributed by atoms with Crippen molar-refractivity contribution in [3.05, 3.63) is 59.7 Å². The van der Waals surface area contributed by atoms with Gasteiger partial charge in [-0.3, -0.25) is 4.79 Å². The summed E-state index contributed by atoms with van der Waals surface area (Å²) in [4.78, 5) is 15.6. The predicted molar refractivity (Wildman–Crippen MR) is 75.7 cm³/mol. The molecule has 0 radical (unpaired) electrons. The zero-order chi connectivity index (χ0) is 13.9. The molecule has 0 heterocycles. The molecule has 0 unspecified atom stereocenters. The summed E-state index contributed by atoms with van der Waals surface area (Å²) in [6.07, 6.45) is -0.0555. The van der Waals surface area contributed by atoms with Gasteiger partial charge >= 0.3 is 5.97 Å². The number of hydrogen-bond donors (Lipinski definition) is 1. The van der Waals surface area contributed by atoms with E-state index in [1.807, 2.05) is 48.5 Å². The lowest BCUT2D eigenvalue weighted by atomic mass is 10.1. The quantitative estimate of drug-likeness (QED) is 0.584. The molecule has 0 aromatic heterocycles. The molecule has 20 heavy (non-hydrogen) atoms. The van der Waals surface area contributed by atoms with E-state index < -0.39 is 5.97 Å². The number of aliphatic carboxylic acids is 1. The molecule has 0 aliphatic heterocycles. The van der Waals surface area contributed by atoms with Gasteiger partial charge in [-0.2, -0.15) is 0 Å². The van der Waals surface area contributed by atoms with Crippen molar-refractivity contribution < 1.29 is 14.7 Å². The van der Waals surface area contributed by atoms with Gasteiger partial charge in [0.1, 0.15) is 12.3 Å². The number of nitrogens with zero attached hydrogens (tertiary/aromatic N) is 1. The van der Waals surface area contributed by atoms with Gasteiger partial charge in [-0.25, -0.2) is 0 Å². The average Bonchev–Trinajstić information content (AvgIpc) is 2.78. The van der Waals surface area contributed by atoms with Crippen LogP contribution < -0.4 is 0 Å². The van der Waals surface area contributed by atoms with Crippen molar-refractivity contribution in [1.82, 2.24) is 0 Å². The monoisotopic (exact) mass is 267 g/mol. The topological polar surface area (TPSA) is 58.9 Å². The summed E-state index contributed by atoms with van der Waals surface area (Å²) < 4.78 is 0. The maximum absolute atomic E-state index is 10.5. The predicted octanol–water partition coefficient (Wildman–Crippen LogP) is 2.91. The highest BCUT2D eigenvalue weighted by Crippen LogP contribution is 2.36. The second-order valence-corrected chi connectivity index (χ2v) is 4.51. The fraction of sp³-hybridized carbons (Fsp3) is 0.125. The van der Waals surface area contributed by atoms with Crippen LogP contribution in [0, 0.1) is 0 Å². The average molecular weight is 267 g/mol. The van der Waals surface area contributed by atoms with E-state index in [-0.39, 0.29) is 13.0 Å². The van der Waals surface area contributed by atoms with Gasteiger partial charge in [0.05, 0.1) is 6.42 Å². The van der Waals surface area contributed by atoms with Crippen LogP contribution in [0.2, 0.25) is 0 Å². The van der Waals surface area contributed by atoms with E-state index in [1.54, 1.807) is 0 Å². The molecule has 0 amide bonds. The molecule has 100 valence electrons. The highest BCUT2D eigenvalue weighted by molar-refractivity contribution is 6.24. The molecule has 0 fully saturated rings. The number of carboxylic acid groups (broad SMARTS) is 1. The second kappa shape index (κ2) is 5.17. The molecular formula is C16H13NO3. The van der Waals surface area contributed by atoms with Crippen LogP contribution >= 0.6 is 0 Å². The zero-order valence-corrected chi connectivity index (χ0v) is 10.7. The van der Waals surface area contributed by atoms with Crippen molar-refractivity contribution in [3.8, 4) is 11.1 Å². The number of carboxylic acids is 1. The van der Waals surface area contributed by atoms with Gasteiger partial charge in [0, 0.05) is 11.1 Å². The van der Waals surface area contributed by atoms with Gasteiger partial charge in [0.2, 0.25) is 0 Å². The summed E-state index contributed by atoms with van der Waals surface area (Å²) in [7, 11) is 0. The van der Waals surface area contributed by atoms with Gasteiger partial charge in [-0.1, -0.05) is 53.7 Å². The standard InChI is InChI=1S/C16H13NO3/c18-15(19)9-10-20-17-16-13-7-3-1-5-11(13)12-6-2-4-8-14(12)16/h1-8H,9-10H2,(H,18,19). The smallest absolute Gasteiger partial charge is 0.306 e. The van der Waals surface area contributed by atoms with E-state index >= 15 is 0 Å². The first-order chi connectivity index (χ1) is 9.77. The van der Waals surface area contributed by atoms with Crippen molar-refractivity contribution >= 4 is 11.7 Å². The van der Waals surface area contributed by atoms with Gasteiger partial charge < -0.3 is 9.94 Å². The van der Waals surface area contributed by atoms with Crippen LogP contribution in [0.5, 0.6) is 0 Å². The number of hydrogen-bond acceptors (Lipinski definition) is 3. The Labute approximate surface area is 116 Å². The summed E-state index contributed by atoms with van der Waals surface area (Å²) in [5.41, 5.74) is 5.06. The number of carbonyl (C=O) groups is 1. The Morgan fingerprint density at radius 2 is 1.45 bits per heavy atom. The highest BCUT2D eigenvalue weighted by atomic mass is 16.6. The third-order valence-corrected chi connectivity index (χ3v) is 3.22. The summed E-state index contributed by atoms with van der Waals surface area (Å²) in [6, 6.07) is 16.0. The molecule has 2 aromatic rings. The van der Waals surface area contributed by atoms with Crippen LogP contribution in [0.3, 0.4) is 0 Å². The third kappa shape index (κ3) is 2.16. The Morgan fingerprint density at radius 1 is 0.950 bits per heavy atom. The normalized spacial score (nSPS) is 11.7. The number of benzene rings is 2. The third-order valence-electron chi connectivity index (χ3n) is 3.22. The van der Waals surface area contributed by atoms with Crippen molar-refractivity contribution in [2.45, 2.75) is 6.42 Å². The first-order valence-corrected chi connectivity index (χ1v) is 6.38.